The molecule has 5 nitrogen and oxygen atoms in total. The van der Waals surface area contributed by atoms with Crippen LogP contribution in [0.5, 0.6) is 5.75 Å². The number of ether oxygens (including phenoxy) is 1. The third-order valence-corrected chi connectivity index (χ3v) is 11.0. The van der Waals surface area contributed by atoms with Crippen LogP contribution in [-0.4, -0.2) is 24.7 Å². The minimum absolute atomic E-state index is 0.0615. The Balaban J connectivity index is 1.83. The van der Waals surface area contributed by atoms with Gasteiger partial charge in [0.2, 0.25) is 0 Å². The van der Waals surface area contributed by atoms with E-state index < -0.39 is 13.9 Å². The molecular formula is C25H39ClN2O3Si. The highest BCUT2D eigenvalue weighted by molar-refractivity contribution is 6.74. The van der Waals surface area contributed by atoms with Crippen LogP contribution in [0.3, 0.4) is 0 Å². The van der Waals surface area contributed by atoms with Gasteiger partial charge in [-0.25, -0.2) is 4.68 Å². The highest BCUT2D eigenvalue weighted by atomic mass is 35.5. The van der Waals surface area contributed by atoms with Gasteiger partial charge in [-0.3, -0.25) is 4.79 Å². The minimum atomic E-state index is -1.65. The lowest BCUT2D eigenvalue weighted by molar-refractivity contribution is 0.279. The number of benzene rings is 1. The predicted molar refractivity (Wildman–Crippen MR) is 135 cm³/mol. The Morgan fingerprint density at radius 3 is 2.16 bits per heavy atom. The Hall–Kier alpha value is -1.63. The molecule has 178 valence electrons. The fourth-order valence-electron chi connectivity index (χ4n) is 2.93. The first-order chi connectivity index (χ1) is 14.7. The Morgan fingerprint density at radius 1 is 1.00 bits per heavy atom. The summed E-state index contributed by atoms with van der Waals surface area (Å²) in [6.45, 7) is 18.3. The van der Waals surface area contributed by atoms with Crippen LogP contribution in [0.2, 0.25) is 23.2 Å². The van der Waals surface area contributed by atoms with E-state index in [1.54, 1.807) is 0 Å². The Bertz CT molecular complexity index is 942. The van der Waals surface area contributed by atoms with E-state index in [4.69, 9.17) is 20.8 Å². The zero-order valence-corrected chi connectivity index (χ0v) is 22.7. The first kappa shape index (κ1) is 26.6. The van der Waals surface area contributed by atoms with Crippen molar-refractivity contribution in [2.24, 2.45) is 0 Å². The molecule has 1 aromatic carbocycles. The maximum atomic E-state index is 12.4. The van der Waals surface area contributed by atoms with E-state index in [9.17, 15) is 4.79 Å². The van der Waals surface area contributed by atoms with Crippen molar-refractivity contribution in [3.8, 4) is 5.75 Å². The second-order valence-corrected chi connectivity index (χ2v) is 16.1. The van der Waals surface area contributed by atoms with Crippen molar-refractivity contribution in [2.75, 3.05) is 6.61 Å². The van der Waals surface area contributed by atoms with Gasteiger partial charge >= 0.3 is 0 Å². The number of halogens is 1. The van der Waals surface area contributed by atoms with E-state index in [1.165, 1.54) is 16.4 Å². The van der Waals surface area contributed by atoms with E-state index in [0.29, 0.717) is 12.4 Å². The van der Waals surface area contributed by atoms with Gasteiger partial charge in [0.25, 0.3) is 5.56 Å². The van der Waals surface area contributed by atoms with Gasteiger partial charge in [-0.05, 0) is 69.3 Å². The first-order valence-electron chi connectivity index (χ1n) is 11.4. The molecule has 0 aliphatic carbocycles. The van der Waals surface area contributed by atoms with Gasteiger partial charge in [0.1, 0.15) is 6.61 Å². The molecular weight excluding hydrogens is 440 g/mol. The lowest BCUT2D eigenvalue weighted by Crippen LogP contribution is -2.40. The van der Waals surface area contributed by atoms with Gasteiger partial charge in [0.05, 0.1) is 11.7 Å². The highest BCUT2D eigenvalue weighted by Crippen LogP contribution is 2.36. The molecule has 0 fully saturated rings. The topological polar surface area (TPSA) is 53.4 Å². The van der Waals surface area contributed by atoms with Crippen LogP contribution in [0.1, 0.15) is 65.5 Å². The van der Waals surface area contributed by atoms with E-state index in [1.807, 2.05) is 20.8 Å². The maximum Gasteiger partial charge on any atom is 0.289 e. The summed E-state index contributed by atoms with van der Waals surface area (Å²) in [5, 5.41) is 4.52. The number of aromatic nitrogens is 2. The van der Waals surface area contributed by atoms with Crippen molar-refractivity contribution < 1.29 is 9.16 Å². The molecule has 32 heavy (non-hydrogen) atoms. The van der Waals surface area contributed by atoms with Crippen molar-refractivity contribution in [1.29, 1.82) is 0 Å². The summed E-state index contributed by atoms with van der Waals surface area (Å²) in [5.74, 6) is 0.308. The number of hydrogen-bond donors (Lipinski definition) is 0. The molecule has 0 spiro atoms. The molecule has 2 rings (SSSR count). The molecule has 0 N–H and O–H groups in total. The molecule has 0 saturated heterocycles. The van der Waals surface area contributed by atoms with Crippen molar-refractivity contribution >= 4 is 19.9 Å². The lowest BCUT2D eigenvalue weighted by atomic mass is 10.1. The van der Waals surface area contributed by atoms with Crippen LogP contribution in [0.25, 0.3) is 0 Å². The maximum absolute atomic E-state index is 12.4. The second kappa shape index (κ2) is 10.5. The van der Waals surface area contributed by atoms with Gasteiger partial charge in [0.15, 0.2) is 19.1 Å². The van der Waals surface area contributed by atoms with Crippen LogP contribution >= 0.6 is 11.6 Å². The van der Waals surface area contributed by atoms with Crippen LogP contribution in [-0.2, 0) is 23.0 Å². The van der Waals surface area contributed by atoms with E-state index in [0.717, 1.165) is 31.4 Å². The smallest absolute Gasteiger partial charge is 0.289 e. The fraction of sp³-hybridized carbons (Fsp3) is 0.600. The lowest BCUT2D eigenvalue weighted by Gasteiger charge is -2.36. The van der Waals surface area contributed by atoms with E-state index in [2.05, 4.69) is 63.2 Å². The number of rotatable bonds is 9. The molecule has 1 aromatic heterocycles. The first-order valence-corrected chi connectivity index (χ1v) is 14.6. The molecule has 0 aliphatic rings. The standard InChI is InChI=1S/C25H39ClN2O3Si/c1-24(2,3)28-23(29)22(26)21(17-27-28)30-18-20-14-12-19(13-15-20)11-9-10-16-31-32(7,8)25(4,5)6/h12-15,17H,9-11,16,18H2,1-8H3. The summed E-state index contributed by atoms with van der Waals surface area (Å²) < 4.78 is 13.4. The van der Waals surface area contributed by atoms with Crippen LogP contribution in [0.15, 0.2) is 35.3 Å². The zero-order valence-electron chi connectivity index (χ0n) is 20.9. The molecule has 0 atom stereocenters. The zero-order chi connectivity index (χ0) is 24.2. The summed E-state index contributed by atoms with van der Waals surface area (Å²) in [6, 6.07) is 8.37. The summed E-state index contributed by atoms with van der Waals surface area (Å²) >= 11 is 6.23. The Labute approximate surface area is 199 Å². The quantitative estimate of drug-likeness (QED) is 0.302. The number of unbranched alkanes of at least 4 members (excludes halogenated alkanes) is 1. The van der Waals surface area contributed by atoms with Crippen molar-refractivity contribution in [2.45, 2.75) is 91.1 Å². The normalized spacial score (nSPS) is 12.8. The second-order valence-electron chi connectivity index (χ2n) is 10.9. The molecule has 1 heterocycles. The summed E-state index contributed by atoms with van der Waals surface area (Å²) in [7, 11) is -1.65. The van der Waals surface area contributed by atoms with E-state index in [-0.39, 0.29) is 15.6 Å². The molecule has 0 bridgehead atoms. The molecule has 7 heteroatoms. The molecule has 2 aromatic rings. The van der Waals surface area contributed by atoms with Crippen LogP contribution in [0, 0.1) is 0 Å². The summed E-state index contributed by atoms with van der Waals surface area (Å²) in [4.78, 5) is 12.4. The minimum Gasteiger partial charge on any atom is -0.485 e. The van der Waals surface area contributed by atoms with Crippen molar-refractivity contribution in [3.63, 3.8) is 0 Å². The van der Waals surface area contributed by atoms with Crippen molar-refractivity contribution in [1.82, 2.24) is 9.78 Å². The number of aryl methyl sites for hydroxylation is 1. The molecule has 0 aliphatic heterocycles. The van der Waals surface area contributed by atoms with Gasteiger partial charge in [-0.15, -0.1) is 0 Å². The SMILES string of the molecule is CC(C)(C)n1ncc(OCc2ccc(CCCCO[Si](C)(C)C(C)(C)C)cc2)c(Cl)c1=O. The summed E-state index contributed by atoms with van der Waals surface area (Å²) in [5.41, 5.74) is 1.54. The third kappa shape index (κ3) is 7.19. The molecule has 0 unspecified atom stereocenters. The van der Waals surface area contributed by atoms with Crippen LogP contribution < -0.4 is 10.3 Å². The number of nitrogens with zero attached hydrogens (tertiary/aromatic N) is 2. The highest BCUT2D eigenvalue weighted by Gasteiger charge is 2.36. The predicted octanol–water partition coefficient (Wildman–Crippen LogP) is 6.58. The van der Waals surface area contributed by atoms with Gasteiger partial charge in [-0.1, -0.05) is 56.6 Å². The van der Waals surface area contributed by atoms with Gasteiger partial charge in [0, 0.05) is 6.61 Å². The Morgan fingerprint density at radius 2 is 1.59 bits per heavy atom. The Kier molecular flexibility index (Phi) is 8.76. The van der Waals surface area contributed by atoms with Gasteiger partial charge in [-0.2, -0.15) is 5.10 Å². The van der Waals surface area contributed by atoms with Gasteiger partial charge < -0.3 is 9.16 Å². The third-order valence-electron chi connectivity index (χ3n) is 6.07. The van der Waals surface area contributed by atoms with Crippen molar-refractivity contribution in [3.05, 3.63) is 57.0 Å². The average Bonchev–Trinajstić information content (AvgIpc) is 2.68. The summed E-state index contributed by atoms with van der Waals surface area (Å²) in [6.07, 6.45) is 4.72. The average molecular weight is 479 g/mol. The largest absolute Gasteiger partial charge is 0.485 e. The van der Waals surface area contributed by atoms with Crippen LogP contribution in [0.4, 0.5) is 0 Å². The molecule has 0 radical (unpaired) electrons. The van der Waals surface area contributed by atoms with E-state index >= 15 is 0 Å². The molecule has 0 saturated carbocycles. The monoisotopic (exact) mass is 478 g/mol. The fourth-order valence-corrected chi connectivity index (χ4v) is 4.21. The number of hydrogen-bond acceptors (Lipinski definition) is 4. The molecule has 0 amide bonds.